The minimum Gasteiger partial charge on any atom is -0.312 e. The van der Waals surface area contributed by atoms with Crippen molar-refractivity contribution in [1.82, 2.24) is 10.2 Å². The number of rotatable bonds is 7. The summed E-state index contributed by atoms with van der Waals surface area (Å²) in [6, 6.07) is 0.938. The zero-order valence-electron chi connectivity index (χ0n) is 12.1. The van der Waals surface area contributed by atoms with Gasteiger partial charge in [-0.25, -0.2) is 0 Å². The molecule has 0 aromatic rings. The molecule has 2 heteroatoms. The van der Waals surface area contributed by atoms with Crippen LogP contribution in [0.5, 0.6) is 0 Å². The first-order valence-corrected chi connectivity index (χ1v) is 7.43. The van der Waals surface area contributed by atoms with Crippen LogP contribution in [0.4, 0.5) is 0 Å². The third kappa shape index (κ3) is 5.39. The molecule has 0 aliphatic heterocycles. The first-order valence-electron chi connectivity index (χ1n) is 7.43. The molecule has 1 unspecified atom stereocenters. The van der Waals surface area contributed by atoms with E-state index in [1.807, 2.05) is 0 Å². The van der Waals surface area contributed by atoms with Gasteiger partial charge < -0.3 is 5.32 Å². The van der Waals surface area contributed by atoms with Gasteiger partial charge in [0.25, 0.3) is 0 Å². The molecule has 2 rings (SSSR count). The molecule has 0 aromatic carbocycles. The Hall–Kier alpha value is -0.0800. The fourth-order valence-corrected chi connectivity index (χ4v) is 2.39. The summed E-state index contributed by atoms with van der Waals surface area (Å²) in [6.45, 7) is 13.0. The summed E-state index contributed by atoms with van der Waals surface area (Å²) < 4.78 is 0. The van der Waals surface area contributed by atoms with Crippen LogP contribution in [-0.2, 0) is 0 Å². The van der Waals surface area contributed by atoms with E-state index < -0.39 is 0 Å². The number of nitrogens with zero attached hydrogens (tertiary/aromatic N) is 1. The number of hydrogen-bond donors (Lipinski definition) is 1. The molecule has 100 valence electrons. The van der Waals surface area contributed by atoms with Crippen LogP contribution in [0, 0.1) is 11.8 Å². The lowest BCUT2D eigenvalue weighted by Crippen LogP contribution is -2.42. The zero-order chi connectivity index (χ0) is 12.5. The van der Waals surface area contributed by atoms with Crippen LogP contribution < -0.4 is 5.32 Å². The minimum absolute atomic E-state index is 0.259. The van der Waals surface area contributed by atoms with Gasteiger partial charge in [-0.15, -0.1) is 0 Å². The summed E-state index contributed by atoms with van der Waals surface area (Å²) in [5.41, 5.74) is 0.259. The van der Waals surface area contributed by atoms with Crippen molar-refractivity contribution in [3.63, 3.8) is 0 Å². The lowest BCUT2D eigenvalue weighted by atomic mass is 10.1. The van der Waals surface area contributed by atoms with Crippen molar-refractivity contribution in [2.45, 2.75) is 65.0 Å². The monoisotopic (exact) mass is 238 g/mol. The zero-order valence-corrected chi connectivity index (χ0v) is 12.1. The van der Waals surface area contributed by atoms with Crippen molar-refractivity contribution >= 4 is 0 Å². The van der Waals surface area contributed by atoms with Gasteiger partial charge in [-0.1, -0.05) is 6.92 Å². The molecule has 1 N–H and O–H groups in total. The van der Waals surface area contributed by atoms with Crippen LogP contribution in [0.25, 0.3) is 0 Å². The molecular formula is C15H30N2. The van der Waals surface area contributed by atoms with Crippen molar-refractivity contribution in [3.05, 3.63) is 0 Å². The largest absolute Gasteiger partial charge is 0.312 e. The van der Waals surface area contributed by atoms with Gasteiger partial charge >= 0.3 is 0 Å². The van der Waals surface area contributed by atoms with Gasteiger partial charge in [0.15, 0.2) is 0 Å². The fourth-order valence-electron chi connectivity index (χ4n) is 2.39. The standard InChI is InChI=1S/C15H30N2/c1-12(9-16-15(2,3)4)10-17(14-7-8-14)11-13-5-6-13/h12-14,16H,5-11H2,1-4H3. The predicted octanol–water partition coefficient (Wildman–Crippen LogP) is 2.89. The summed E-state index contributed by atoms with van der Waals surface area (Å²) in [7, 11) is 0. The maximum atomic E-state index is 3.63. The Morgan fingerprint density at radius 3 is 2.29 bits per heavy atom. The fraction of sp³-hybridized carbons (Fsp3) is 1.00. The molecule has 0 aromatic heterocycles. The first kappa shape index (κ1) is 13.4. The van der Waals surface area contributed by atoms with Crippen LogP contribution in [-0.4, -0.2) is 36.1 Å². The maximum absolute atomic E-state index is 3.63. The highest BCUT2D eigenvalue weighted by atomic mass is 15.2. The Bertz CT molecular complexity index is 236. The van der Waals surface area contributed by atoms with Crippen LogP contribution in [0.3, 0.4) is 0 Å². The van der Waals surface area contributed by atoms with Gasteiger partial charge in [0.1, 0.15) is 0 Å². The van der Waals surface area contributed by atoms with Gasteiger partial charge in [0, 0.05) is 24.7 Å². The number of hydrogen-bond acceptors (Lipinski definition) is 2. The molecular weight excluding hydrogens is 208 g/mol. The molecule has 1 atom stereocenters. The molecule has 0 spiro atoms. The SMILES string of the molecule is CC(CNC(C)(C)C)CN(CC1CC1)C1CC1. The second-order valence-electron chi connectivity index (χ2n) is 7.36. The Labute approximate surface area is 107 Å². The molecule has 2 saturated carbocycles. The molecule has 2 aliphatic rings. The highest BCUT2D eigenvalue weighted by molar-refractivity contribution is 4.89. The third-order valence-electron chi connectivity index (χ3n) is 3.78. The van der Waals surface area contributed by atoms with Crippen molar-refractivity contribution in [1.29, 1.82) is 0 Å². The lowest BCUT2D eigenvalue weighted by molar-refractivity contribution is 0.211. The number of nitrogens with one attached hydrogen (secondary N) is 1. The second kappa shape index (κ2) is 5.27. The minimum atomic E-state index is 0.259. The highest BCUT2D eigenvalue weighted by Gasteiger charge is 2.34. The molecule has 2 nitrogen and oxygen atoms in total. The molecule has 17 heavy (non-hydrogen) atoms. The van der Waals surface area contributed by atoms with Crippen molar-refractivity contribution < 1.29 is 0 Å². The smallest absolute Gasteiger partial charge is 0.00966 e. The van der Waals surface area contributed by atoms with Crippen molar-refractivity contribution in [2.24, 2.45) is 11.8 Å². The van der Waals surface area contributed by atoms with Gasteiger partial charge in [0.2, 0.25) is 0 Å². The van der Waals surface area contributed by atoms with E-state index in [4.69, 9.17) is 0 Å². The van der Waals surface area contributed by atoms with E-state index in [9.17, 15) is 0 Å². The molecule has 0 heterocycles. The summed E-state index contributed by atoms with van der Waals surface area (Å²) >= 11 is 0. The topological polar surface area (TPSA) is 15.3 Å². The summed E-state index contributed by atoms with van der Waals surface area (Å²) in [5.74, 6) is 1.81. The average Bonchev–Trinajstić information content (AvgIpc) is 3.04. The molecule has 0 saturated heterocycles. The lowest BCUT2D eigenvalue weighted by Gasteiger charge is -2.28. The summed E-state index contributed by atoms with van der Waals surface area (Å²) in [4.78, 5) is 2.77. The maximum Gasteiger partial charge on any atom is 0.00966 e. The molecule has 0 amide bonds. The van der Waals surface area contributed by atoms with Gasteiger partial charge in [-0.3, -0.25) is 4.90 Å². The first-order chi connectivity index (χ1) is 7.94. The molecule has 2 fully saturated rings. The average molecular weight is 238 g/mol. The van der Waals surface area contributed by atoms with E-state index >= 15 is 0 Å². The van der Waals surface area contributed by atoms with E-state index in [1.165, 1.54) is 38.8 Å². The van der Waals surface area contributed by atoms with E-state index in [-0.39, 0.29) is 5.54 Å². The summed E-state index contributed by atoms with van der Waals surface area (Å²) in [6.07, 6.45) is 5.87. The molecule has 2 aliphatic carbocycles. The van der Waals surface area contributed by atoms with Crippen LogP contribution in [0.1, 0.15) is 53.4 Å². The van der Waals surface area contributed by atoms with Gasteiger partial charge in [-0.2, -0.15) is 0 Å². The predicted molar refractivity (Wildman–Crippen MR) is 74.2 cm³/mol. The quantitative estimate of drug-likeness (QED) is 0.733. The Morgan fingerprint density at radius 1 is 1.18 bits per heavy atom. The van der Waals surface area contributed by atoms with E-state index in [2.05, 4.69) is 37.9 Å². The Balaban J connectivity index is 1.68. The van der Waals surface area contributed by atoms with Crippen molar-refractivity contribution in [2.75, 3.05) is 19.6 Å². The van der Waals surface area contributed by atoms with Crippen LogP contribution >= 0.6 is 0 Å². The van der Waals surface area contributed by atoms with Crippen molar-refractivity contribution in [3.8, 4) is 0 Å². The van der Waals surface area contributed by atoms with Gasteiger partial charge in [-0.05, 0) is 64.8 Å². The second-order valence-corrected chi connectivity index (χ2v) is 7.36. The normalized spacial score (nSPS) is 23.1. The summed E-state index contributed by atoms with van der Waals surface area (Å²) in [5, 5.41) is 3.63. The van der Waals surface area contributed by atoms with Crippen LogP contribution in [0.15, 0.2) is 0 Å². The molecule has 0 radical (unpaired) electrons. The van der Waals surface area contributed by atoms with E-state index in [0.717, 1.165) is 24.4 Å². The van der Waals surface area contributed by atoms with E-state index in [0.29, 0.717) is 0 Å². The Morgan fingerprint density at radius 2 is 1.82 bits per heavy atom. The Kier molecular flexibility index (Phi) is 4.14. The highest BCUT2D eigenvalue weighted by Crippen LogP contribution is 2.35. The van der Waals surface area contributed by atoms with Crippen LogP contribution in [0.2, 0.25) is 0 Å². The molecule has 0 bridgehead atoms. The third-order valence-corrected chi connectivity index (χ3v) is 3.78. The van der Waals surface area contributed by atoms with E-state index in [1.54, 1.807) is 0 Å². The van der Waals surface area contributed by atoms with Gasteiger partial charge in [0.05, 0.1) is 0 Å².